The molecule has 1 heterocycles. The predicted octanol–water partition coefficient (Wildman–Crippen LogP) is 3.59. The summed E-state index contributed by atoms with van der Waals surface area (Å²) in [5, 5.41) is 2.82. The molecule has 1 aliphatic rings. The summed E-state index contributed by atoms with van der Waals surface area (Å²) < 4.78 is 19.1. The zero-order chi connectivity index (χ0) is 18.5. The van der Waals surface area contributed by atoms with Crippen molar-refractivity contribution >= 4 is 11.6 Å². The molecule has 0 spiro atoms. The van der Waals surface area contributed by atoms with Crippen LogP contribution in [0.1, 0.15) is 17.5 Å². The number of halogens is 1. The van der Waals surface area contributed by atoms with E-state index in [9.17, 15) is 9.18 Å². The molecule has 0 saturated heterocycles. The van der Waals surface area contributed by atoms with Crippen LogP contribution in [0, 0.1) is 12.7 Å². The third-order valence-corrected chi connectivity index (χ3v) is 4.43. The van der Waals surface area contributed by atoms with Crippen molar-refractivity contribution in [3.05, 3.63) is 72.1 Å². The van der Waals surface area contributed by atoms with E-state index in [1.165, 1.54) is 12.1 Å². The maximum Gasteiger partial charge on any atom is 0.222 e. The molecule has 5 heteroatoms. The molecule has 1 atom stereocenters. The normalized spacial score (nSPS) is 15.8. The van der Waals surface area contributed by atoms with Crippen LogP contribution < -0.4 is 15.0 Å². The SMILES string of the molecule is C=CCNC(=O)CC1COc2cc(C)ccc2N1Cc1ccc(F)cc1. The second-order valence-electron chi connectivity index (χ2n) is 6.49. The first-order chi connectivity index (χ1) is 12.6. The van der Waals surface area contributed by atoms with Gasteiger partial charge in [-0.2, -0.15) is 0 Å². The van der Waals surface area contributed by atoms with Crippen molar-refractivity contribution in [1.82, 2.24) is 5.32 Å². The van der Waals surface area contributed by atoms with Gasteiger partial charge in [0.2, 0.25) is 5.91 Å². The van der Waals surface area contributed by atoms with E-state index in [-0.39, 0.29) is 17.8 Å². The molecule has 0 radical (unpaired) electrons. The number of carbonyl (C=O) groups excluding carboxylic acids is 1. The first kappa shape index (κ1) is 18.0. The van der Waals surface area contributed by atoms with Crippen LogP contribution in [-0.4, -0.2) is 25.1 Å². The minimum atomic E-state index is -0.257. The van der Waals surface area contributed by atoms with E-state index in [2.05, 4.69) is 16.8 Å². The molecule has 0 fully saturated rings. The highest BCUT2D eigenvalue weighted by Gasteiger charge is 2.29. The Morgan fingerprint density at radius 2 is 2.12 bits per heavy atom. The molecule has 3 rings (SSSR count). The number of nitrogens with one attached hydrogen (secondary N) is 1. The second-order valence-corrected chi connectivity index (χ2v) is 6.49. The number of rotatable bonds is 6. The van der Waals surface area contributed by atoms with Crippen molar-refractivity contribution in [2.24, 2.45) is 0 Å². The van der Waals surface area contributed by atoms with E-state index in [0.29, 0.717) is 26.1 Å². The Morgan fingerprint density at radius 3 is 2.85 bits per heavy atom. The zero-order valence-electron chi connectivity index (χ0n) is 14.9. The fourth-order valence-corrected chi connectivity index (χ4v) is 3.09. The summed E-state index contributed by atoms with van der Waals surface area (Å²) in [6.45, 7) is 7.09. The van der Waals surface area contributed by atoms with Gasteiger partial charge in [-0.15, -0.1) is 6.58 Å². The number of nitrogens with zero attached hydrogens (tertiary/aromatic N) is 1. The van der Waals surface area contributed by atoms with Crippen molar-refractivity contribution in [3.8, 4) is 5.75 Å². The van der Waals surface area contributed by atoms with Gasteiger partial charge >= 0.3 is 0 Å². The van der Waals surface area contributed by atoms with Gasteiger partial charge in [0, 0.05) is 13.1 Å². The lowest BCUT2D eigenvalue weighted by Gasteiger charge is -2.38. The number of ether oxygens (including phenoxy) is 1. The van der Waals surface area contributed by atoms with Gasteiger partial charge in [-0.05, 0) is 42.3 Å². The fourth-order valence-electron chi connectivity index (χ4n) is 3.09. The van der Waals surface area contributed by atoms with Crippen LogP contribution in [0.2, 0.25) is 0 Å². The third kappa shape index (κ3) is 4.23. The summed E-state index contributed by atoms with van der Waals surface area (Å²) in [4.78, 5) is 14.4. The van der Waals surface area contributed by atoms with Crippen LogP contribution >= 0.6 is 0 Å². The molecule has 2 aromatic rings. The maximum absolute atomic E-state index is 13.2. The van der Waals surface area contributed by atoms with Gasteiger partial charge in [-0.3, -0.25) is 4.79 Å². The molecule has 0 saturated carbocycles. The number of anilines is 1. The Kier molecular flexibility index (Phi) is 5.56. The van der Waals surface area contributed by atoms with Gasteiger partial charge in [0.15, 0.2) is 0 Å². The maximum atomic E-state index is 13.2. The van der Waals surface area contributed by atoms with Crippen LogP contribution in [0.4, 0.5) is 10.1 Å². The first-order valence-electron chi connectivity index (χ1n) is 8.69. The Bertz CT molecular complexity index is 789. The quantitative estimate of drug-likeness (QED) is 0.806. The molecule has 1 amide bonds. The Labute approximate surface area is 153 Å². The largest absolute Gasteiger partial charge is 0.489 e. The first-order valence-corrected chi connectivity index (χ1v) is 8.69. The van der Waals surface area contributed by atoms with E-state index < -0.39 is 0 Å². The topological polar surface area (TPSA) is 41.6 Å². The van der Waals surface area contributed by atoms with Gasteiger partial charge in [0.05, 0.1) is 18.2 Å². The smallest absolute Gasteiger partial charge is 0.222 e. The fraction of sp³-hybridized carbons (Fsp3) is 0.286. The third-order valence-electron chi connectivity index (χ3n) is 4.43. The molecule has 1 aliphatic heterocycles. The van der Waals surface area contributed by atoms with Gasteiger partial charge in [0.25, 0.3) is 0 Å². The van der Waals surface area contributed by atoms with Crippen molar-refractivity contribution in [1.29, 1.82) is 0 Å². The van der Waals surface area contributed by atoms with Crippen LogP contribution in [-0.2, 0) is 11.3 Å². The monoisotopic (exact) mass is 354 g/mol. The molecular formula is C21H23FN2O2. The molecule has 2 aromatic carbocycles. The summed E-state index contributed by atoms with van der Waals surface area (Å²) >= 11 is 0. The van der Waals surface area contributed by atoms with Gasteiger partial charge in [0.1, 0.15) is 18.2 Å². The summed E-state index contributed by atoms with van der Waals surface area (Å²) in [7, 11) is 0. The summed E-state index contributed by atoms with van der Waals surface area (Å²) in [6.07, 6.45) is 1.98. The number of benzene rings is 2. The Hall–Kier alpha value is -2.82. The van der Waals surface area contributed by atoms with Crippen molar-refractivity contribution < 1.29 is 13.9 Å². The molecule has 26 heavy (non-hydrogen) atoms. The molecule has 0 aliphatic carbocycles. The van der Waals surface area contributed by atoms with Crippen molar-refractivity contribution in [2.75, 3.05) is 18.1 Å². The molecular weight excluding hydrogens is 331 g/mol. The highest BCUT2D eigenvalue weighted by Crippen LogP contribution is 2.36. The Balaban J connectivity index is 1.85. The molecule has 0 aromatic heterocycles. The van der Waals surface area contributed by atoms with Gasteiger partial charge in [-0.1, -0.05) is 24.3 Å². The predicted molar refractivity (Wildman–Crippen MR) is 101 cm³/mol. The van der Waals surface area contributed by atoms with E-state index in [1.54, 1.807) is 18.2 Å². The number of hydrogen-bond donors (Lipinski definition) is 1. The summed E-state index contributed by atoms with van der Waals surface area (Å²) in [5.74, 6) is 0.514. The van der Waals surface area contributed by atoms with Crippen LogP contribution in [0.25, 0.3) is 0 Å². The summed E-state index contributed by atoms with van der Waals surface area (Å²) in [5.41, 5.74) is 3.05. The second kappa shape index (κ2) is 8.04. The number of fused-ring (bicyclic) bond motifs is 1. The molecule has 1 N–H and O–H groups in total. The van der Waals surface area contributed by atoms with Crippen molar-refractivity contribution in [3.63, 3.8) is 0 Å². The van der Waals surface area contributed by atoms with E-state index in [1.807, 2.05) is 25.1 Å². The van der Waals surface area contributed by atoms with Crippen LogP contribution in [0.15, 0.2) is 55.1 Å². The molecule has 4 nitrogen and oxygen atoms in total. The molecule has 0 bridgehead atoms. The average Bonchev–Trinajstić information content (AvgIpc) is 2.63. The lowest BCUT2D eigenvalue weighted by molar-refractivity contribution is -0.121. The minimum Gasteiger partial charge on any atom is -0.489 e. The van der Waals surface area contributed by atoms with Crippen LogP contribution in [0.5, 0.6) is 5.75 Å². The number of amides is 1. The van der Waals surface area contributed by atoms with E-state index >= 15 is 0 Å². The van der Waals surface area contributed by atoms with E-state index in [4.69, 9.17) is 4.74 Å². The van der Waals surface area contributed by atoms with Crippen molar-refractivity contribution in [2.45, 2.75) is 25.9 Å². The zero-order valence-corrected chi connectivity index (χ0v) is 14.9. The lowest BCUT2D eigenvalue weighted by atomic mass is 10.0. The average molecular weight is 354 g/mol. The molecule has 136 valence electrons. The Morgan fingerprint density at radius 1 is 1.35 bits per heavy atom. The van der Waals surface area contributed by atoms with E-state index in [0.717, 1.165) is 22.6 Å². The number of carbonyl (C=O) groups is 1. The minimum absolute atomic E-state index is 0.0434. The van der Waals surface area contributed by atoms with Gasteiger partial charge in [-0.25, -0.2) is 4.39 Å². The van der Waals surface area contributed by atoms with Gasteiger partial charge < -0.3 is 15.0 Å². The lowest BCUT2D eigenvalue weighted by Crippen LogP contribution is -2.45. The standard InChI is InChI=1S/C21H23FN2O2/c1-3-10-23-21(25)12-18-14-26-20-11-15(2)4-9-19(20)24(18)13-16-5-7-17(22)8-6-16/h3-9,11,18H,1,10,12-14H2,2H3,(H,23,25). The number of aryl methyl sites for hydroxylation is 1. The number of hydrogen-bond acceptors (Lipinski definition) is 3. The highest BCUT2D eigenvalue weighted by atomic mass is 19.1. The molecule has 1 unspecified atom stereocenters. The van der Waals surface area contributed by atoms with Crippen LogP contribution in [0.3, 0.4) is 0 Å². The highest BCUT2D eigenvalue weighted by molar-refractivity contribution is 5.78. The summed E-state index contributed by atoms with van der Waals surface area (Å²) in [6, 6.07) is 12.4.